The predicted octanol–water partition coefficient (Wildman–Crippen LogP) is 2.82. The van der Waals surface area contributed by atoms with E-state index in [-0.39, 0.29) is 0 Å². The van der Waals surface area contributed by atoms with Crippen LogP contribution in [0.2, 0.25) is 38.8 Å². The van der Waals surface area contributed by atoms with Crippen LogP contribution in [-0.4, -0.2) is 42.7 Å². The van der Waals surface area contributed by atoms with Gasteiger partial charge < -0.3 is 13.6 Å². The second-order valence-corrected chi connectivity index (χ2v) is 22.5. The van der Waals surface area contributed by atoms with Crippen molar-refractivity contribution >= 4 is 24.7 Å². The molecule has 0 fully saturated rings. The highest BCUT2D eigenvalue weighted by molar-refractivity contribution is 7.27. The molecule has 0 aromatic heterocycles. The summed E-state index contributed by atoms with van der Waals surface area (Å²) in [6.45, 7) is 18.0. The smallest absolute Gasteiger partial charge is 0.190 e. The molecule has 1 N–H and O–H groups in total. The Morgan fingerprint density at radius 2 is 1.78 bits per heavy atom. The molecule has 0 heterocycles. The first-order valence-electron chi connectivity index (χ1n) is 6.65. The lowest BCUT2D eigenvalue weighted by Crippen LogP contribution is -2.54. The van der Waals surface area contributed by atoms with Crippen LogP contribution >= 0.6 is 0 Å². The van der Waals surface area contributed by atoms with E-state index in [0.29, 0.717) is 13.2 Å². The lowest BCUT2D eigenvalue weighted by atomic mass is 10.4. The summed E-state index contributed by atoms with van der Waals surface area (Å²) in [5, 5.41) is 0. The fourth-order valence-corrected chi connectivity index (χ4v) is 17.0. The number of hydrogen-bond acceptors (Lipinski definition) is 3. The monoisotopic (exact) mass is 306 g/mol. The van der Waals surface area contributed by atoms with Crippen LogP contribution in [0, 0.1) is 0 Å². The molecule has 0 aliphatic heterocycles. The van der Waals surface area contributed by atoms with E-state index in [1.807, 2.05) is 6.92 Å². The van der Waals surface area contributed by atoms with Crippen LogP contribution in [0.3, 0.4) is 0 Å². The van der Waals surface area contributed by atoms with E-state index in [1.165, 1.54) is 0 Å². The maximum atomic E-state index is 10.4. The van der Waals surface area contributed by atoms with Crippen LogP contribution in [0.25, 0.3) is 0 Å². The normalized spacial score (nSPS) is 14.6. The highest BCUT2D eigenvalue weighted by atomic mass is 29.3. The molecule has 0 aliphatic carbocycles. The summed E-state index contributed by atoms with van der Waals surface area (Å²) in [6, 6.07) is 0.903. The average Bonchev–Trinajstić information content (AvgIpc) is 2.12. The quantitative estimate of drug-likeness (QED) is 0.404. The number of rotatable bonds is 9. The Hall–Kier alpha value is 0.271. The minimum absolute atomic E-state index is 0.629. The maximum absolute atomic E-state index is 10.4. The predicted molar refractivity (Wildman–Crippen MR) is 86.3 cm³/mol. The van der Waals surface area contributed by atoms with Crippen molar-refractivity contribution in [1.29, 1.82) is 0 Å². The molecule has 0 bridgehead atoms. The SMILES string of the molecule is C=C(C)COCCC[SiH](O)[Si](C)(C)O[Si](C)(C)C. The third kappa shape index (κ3) is 9.23. The van der Waals surface area contributed by atoms with Gasteiger partial charge in [-0.25, -0.2) is 0 Å². The van der Waals surface area contributed by atoms with Gasteiger partial charge in [0.25, 0.3) is 0 Å². The molecule has 1 atom stereocenters. The van der Waals surface area contributed by atoms with Crippen molar-refractivity contribution in [2.75, 3.05) is 13.2 Å². The minimum Gasteiger partial charge on any atom is -0.456 e. The number of hydrogen-bond donors (Lipinski definition) is 1. The van der Waals surface area contributed by atoms with Gasteiger partial charge in [0.15, 0.2) is 24.7 Å². The number of ether oxygens (including phenoxy) is 1. The molecule has 0 saturated heterocycles. The van der Waals surface area contributed by atoms with E-state index in [4.69, 9.17) is 8.85 Å². The first kappa shape index (κ1) is 18.3. The topological polar surface area (TPSA) is 38.7 Å². The molecular formula is C12H30O3Si3. The van der Waals surface area contributed by atoms with Crippen LogP contribution in [0.15, 0.2) is 12.2 Å². The zero-order valence-electron chi connectivity index (χ0n) is 12.9. The molecule has 0 radical (unpaired) electrons. The second-order valence-electron chi connectivity index (χ2n) is 6.49. The van der Waals surface area contributed by atoms with Gasteiger partial charge in [-0.2, -0.15) is 0 Å². The fraction of sp³-hybridized carbons (Fsp3) is 0.833. The van der Waals surface area contributed by atoms with Crippen molar-refractivity contribution in [2.24, 2.45) is 0 Å². The molecule has 3 nitrogen and oxygen atoms in total. The summed E-state index contributed by atoms with van der Waals surface area (Å²) in [4.78, 5) is 10.4. The molecule has 0 saturated carbocycles. The molecule has 0 amide bonds. The van der Waals surface area contributed by atoms with Gasteiger partial charge in [-0.15, -0.1) is 0 Å². The van der Waals surface area contributed by atoms with Gasteiger partial charge in [-0.3, -0.25) is 0 Å². The summed E-state index contributed by atoms with van der Waals surface area (Å²) in [7, 11) is -5.10. The first-order chi connectivity index (χ1) is 8.04. The van der Waals surface area contributed by atoms with Gasteiger partial charge >= 0.3 is 0 Å². The molecule has 0 aromatic rings. The zero-order chi connectivity index (χ0) is 14.4. The summed E-state index contributed by atoms with van der Waals surface area (Å²) in [5.74, 6) is 0. The van der Waals surface area contributed by atoms with Gasteiger partial charge in [-0.05, 0) is 52.1 Å². The Morgan fingerprint density at radius 3 is 2.22 bits per heavy atom. The van der Waals surface area contributed by atoms with Gasteiger partial charge in [0, 0.05) is 6.61 Å². The van der Waals surface area contributed by atoms with Crippen LogP contribution < -0.4 is 0 Å². The lowest BCUT2D eigenvalue weighted by Gasteiger charge is -2.34. The van der Waals surface area contributed by atoms with Crippen LogP contribution in [0.5, 0.6) is 0 Å². The van der Waals surface area contributed by atoms with E-state index in [2.05, 4.69) is 39.3 Å². The highest BCUT2D eigenvalue weighted by Crippen LogP contribution is 2.18. The Kier molecular flexibility index (Phi) is 7.88. The van der Waals surface area contributed by atoms with Crippen molar-refractivity contribution < 1.29 is 13.6 Å². The first-order valence-corrected chi connectivity index (χ1v) is 16.1. The molecule has 108 valence electrons. The van der Waals surface area contributed by atoms with Crippen molar-refractivity contribution in [3.63, 3.8) is 0 Å². The van der Waals surface area contributed by atoms with E-state index in [0.717, 1.165) is 18.0 Å². The van der Waals surface area contributed by atoms with Gasteiger partial charge in [0.2, 0.25) is 0 Å². The van der Waals surface area contributed by atoms with E-state index < -0.39 is 24.7 Å². The molecule has 0 aromatic carbocycles. The summed E-state index contributed by atoms with van der Waals surface area (Å²) in [5.41, 5.74) is 1.05. The molecule has 0 spiro atoms. The molecule has 0 aliphatic rings. The van der Waals surface area contributed by atoms with Crippen molar-refractivity contribution in [2.45, 2.75) is 52.1 Å². The zero-order valence-corrected chi connectivity index (χ0v) is 16.0. The molecule has 6 heteroatoms. The highest BCUT2D eigenvalue weighted by Gasteiger charge is 2.37. The van der Waals surface area contributed by atoms with Crippen LogP contribution in [0.1, 0.15) is 13.3 Å². The van der Waals surface area contributed by atoms with Crippen LogP contribution in [0.4, 0.5) is 0 Å². The molecule has 18 heavy (non-hydrogen) atoms. The van der Waals surface area contributed by atoms with Crippen LogP contribution in [-0.2, 0) is 8.85 Å². The van der Waals surface area contributed by atoms with E-state index in [9.17, 15) is 4.80 Å². The summed E-state index contributed by atoms with van der Waals surface area (Å²) in [6.07, 6.45) is 0.937. The largest absolute Gasteiger partial charge is 0.456 e. The molecular weight excluding hydrogens is 276 g/mol. The Labute approximate surface area is 116 Å². The maximum Gasteiger partial charge on any atom is 0.190 e. The molecule has 0 rings (SSSR count). The minimum atomic E-state index is -1.84. The summed E-state index contributed by atoms with van der Waals surface area (Å²) >= 11 is 0. The summed E-state index contributed by atoms with van der Waals surface area (Å²) < 4.78 is 11.7. The Bertz CT molecular complexity index is 262. The average molecular weight is 307 g/mol. The van der Waals surface area contributed by atoms with Gasteiger partial charge in [-0.1, -0.05) is 12.2 Å². The third-order valence-electron chi connectivity index (χ3n) is 2.49. The van der Waals surface area contributed by atoms with Crippen molar-refractivity contribution in [3.8, 4) is 0 Å². The standard InChI is InChI=1S/C12H30O3Si3/c1-12(2)11-14-9-8-10-16(13)18(6,7)15-17(3,4)5/h13,16H,1,8-11H2,2-7H3. The van der Waals surface area contributed by atoms with E-state index >= 15 is 0 Å². The Morgan fingerprint density at radius 1 is 1.22 bits per heavy atom. The van der Waals surface area contributed by atoms with Crippen molar-refractivity contribution in [1.82, 2.24) is 0 Å². The second kappa shape index (κ2) is 7.76. The lowest BCUT2D eigenvalue weighted by molar-refractivity contribution is 0.156. The van der Waals surface area contributed by atoms with Crippen molar-refractivity contribution in [3.05, 3.63) is 12.2 Å². The van der Waals surface area contributed by atoms with Gasteiger partial charge in [0.1, 0.15) is 0 Å². The fourth-order valence-electron chi connectivity index (χ4n) is 1.83. The third-order valence-corrected chi connectivity index (χ3v) is 16.3. The van der Waals surface area contributed by atoms with Gasteiger partial charge in [0.05, 0.1) is 6.61 Å². The van der Waals surface area contributed by atoms with E-state index in [1.54, 1.807) is 0 Å². The Balaban J connectivity index is 3.93. The molecule has 1 unspecified atom stereocenters.